The Labute approximate surface area is 112 Å². The van der Waals surface area contributed by atoms with E-state index in [2.05, 4.69) is 37.1 Å². The highest BCUT2D eigenvalue weighted by Crippen LogP contribution is 2.27. The molecule has 2 aromatic rings. The zero-order valence-electron chi connectivity index (χ0n) is 11.4. The molecule has 4 heteroatoms. The topological polar surface area (TPSA) is 46.4 Å². The number of carbonyl (C=O) groups excluding carboxylic acids is 1. The molecule has 0 aliphatic carbocycles. The second-order valence-corrected chi connectivity index (χ2v) is 5.42. The second-order valence-electron chi connectivity index (χ2n) is 5.42. The normalized spacial score (nSPS) is 11.3. The van der Waals surface area contributed by atoms with Crippen molar-refractivity contribution < 1.29 is 4.79 Å². The van der Waals surface area contributed by atoms with E-state index < -0.39 is 0 Å². The quantitative estimate of drug-likeness (QED) is 0.834. The van der Waals surface area contributed by atoms with Crippen LogP contribution >= 0.6 is 0 Å². The fourth-order valence-corrected chi connectivity index (χ4v) is 1.96. The van der Waals surface area contributed by atoms with Crippen molar-refractivity contribution in [1.29, 1.82) is 0 Å². The van der Waals surface area contributed by atoms with E-state index in [1.165, 1.54) is 0 Å². The summed E-state index contributed by atoms with van der Waals surface area (Å²) >= 11 is 0. The summed E-state index contributed by atoms with van der Waals surface area (Å²) in [6.07, 6.45) is 6.97. The van der Waals surface area contributed by atoms with Crippen LogP contribution in [-0.4, -0.2) is 22.1 Å². The van der Waals surface area contributed by atoms with Gasteiger partial charge >= 0.3 is 0 Å². The smallest absolute Gasteiger partial charge is 0.272 e. The summed E-state index contributed by atoms with van der Waals surface area (Å²) < 4.78 is 1.73. The molecular formula is C15H17N3O. The molecule has 2 rings (SSSR count). The van der Waals surface area contributed by atoms with Crippen molar-refractivity contribution in [2.45, 2.75) is 26.2 Å². The molecular weight excluding hydrogens is 238 g/mol. The van der Waals surface area contributed by atoms with Crippen molar-refractivity contribution in [1.82, 2.24) is 14.9 Å². The number of rotatable bonds is 2. The predicted octanol–water partition coefficient (Wildman–Crippen LogP) is 1.99. The third-order valence-electron chi connectivity index (χ3n) is 2.89. The van der Waals surface area contributed by atoms with Crippen molar-refractivity contribution >= 4 is 11.4 Å². The number of hydrogen-bond acceptors (Lipinski definition) is 2. The lowest BCUT2D eigenvalue weighted by molar-refractivity contribution is 0.0952. The van der Waals surface area contributed by atoms with Crippen LogP contribution in [0.2, 0.25) is 0 Å². The van der Waals surface area contributed by atoms with Crippen LogP contribution in [0.15, 0.2) is 24.4 Å². The molecule has 0 radical (unpaired) electrons. The Kier molecular flexibility index (Phi) is 3.30. The van der Waals surface area contributed by atoms with Gasteiger partial charge in [-0.2, -0.15) is 5.10 Å². The third kappa shape index (κ3) is 2.60. The predicted molar refractivity (Wildman–Crippen MR) is 75.1 cm³/mol. The van der Waals surface area contributed by atoms with Crippen molar-refractivity contribution in [3.63, 3.8) is 0 Å². The van der Waals surface area contributed by atoms with E-state index in [1.54, 1.807) is 4.52 Å². The average molecular weight is 255 g/mol. The number of nitrogens with one attached hydrogen (secondary N) is 1. The molecule has 0 aliphatic heterocycles. The Bertz CT molecular complexity index is 656. The number of fused-ring (bicyclic) bond motifs is 1. The van der Waals surface area contributed by atoms with Crippen LogP contribution in [0.4, 0.5) is 0 Å². The van der Waals surface area contributed by atoms with Gasteiger partial charge in [-0.05, 0) is 29.2 Å². The first kappa shape index (κ1) is 13.2. The SMILES string of the molecule is C#CCNC(=O)c1cc(C(C)(C)C)c2cccn2n1. The van der Waals surface area contributed by atoms with Gasteiger partial charge in [-0.3, -0.25) is 4.79 Å². The minimum atomic E-state index is -0.251. The third-order valence-corrected chi connectivity index (χ3v) is 2.89. The summed E-state index contributed by atoms with van der Waals surface area (Å²) in [6, 6.07) is 5.75. The summed E-state index contributed by atoms with van der Waals surface area (Å²) in [4.78, 5) is 12.0. The van der Waals surface area contributed by atoms with Gasteiger partial charge in [0.1, 0.15) is 5.69 Å². The van der Waals surface area contributed by atoms with Crippen molar-refractivity contribution in [3.05, 3.63) is 35.7 Å². The fraction of sp³-hybridized carbons (Fsp3) is 0.333. The van der Waals surface area contributed by atoms with Gasteiger partial charge in [0.2, 0.25) is 0 Å². The number of nitrogens with zero attached hydrogens (tertiary/aromatic N) is 2. The highest BCUT2D eigenvalue weighted by Gasteiger charge is 2.20. The number of amides is 1. The largest absolute Gasteiger partial charge is 0.340 e. The van der Waals surface area contributed by atoms with Crippen LogP contribution in [0.1, 0.15) is 36.8 Å². The Balaban J connectivity index is 2.53. The first-order valence-electron chi connectivity index (χ1n) is 6.14. The van der Waals surface area contributed by atoms with Crippen molar-refractivity contribution in [2.75, 3.05) is 6.54 Å². The standard InChI is InChI=1S/C15H17N3O/c1-5-8-16-14(19)12-10-11(15(2,3)4)13-7-6-9-18(13)17-12/h1,6-7,9-10H,8H2,2-4H3,(H,16,19). The molecule has 2 aromatic heterocycles. The van der Waals surface area contributed by atoms with Gasteiger partial charge in [0.05, 0.1) is 12.1 Å². The molecule has 0 spiro atoms. The van der Waals surface area contributed by atoms with Gasteiger partial charge in [0.15, 0.2) is 0 Å². The molecule has 19 heavy (non-hydrogen) atoms. The highest BCUT2D eigenvalue weighted by atomic mass is 16.1. The summed E-state index contributed by atoms with van der Waals surface area (Å²) in [6.45, 7) is 6.53. The van der Waals surface area contributed by atoms with Crippen LogP contribution in [-0.2, 0) is 5.41 Å². The lowest BCUT2D eigenvalue weighted by atomic mass is 9.86. The molecule has 4 nitrogen and oxygen atoms in total. The maximum atomic E-state index is 12.0. The average Bonchev–Trinajstić information content (AvgIpc) is 2.81. The summed E-state index contributed by atoms with van der Waals surface area (Å²) in [5.74, 6) is 2.13. The fourth-order valence-electron chi connectivity index (χ4n) is 1.96. The van der Waals surface area contributed by atoms with Crippen molar-refractivity contribution in [3.8, 4) is 12.3 Å². The monoisotopic (exact) mass is 255 g/mol. The maximum Gasteiger partial charge on any atom is 0.272 e. The molecule has 0 fully saturated rings. The van der Waals surface area contributed by atoms with Crippen LogP contribution in [0.5, 0.6) is 0 Å². The van der Waals surface area contributed by atoms with Gasteiger partial charge in [-0.1, -0.05) is 26.7 Å². The number of aromatic nitrogens is 2. The molecule has 0 atom stereocenters. The van der Waals surface area contributed by atoms with Gasteiger partial charge in [0, 0.05) is 6.20 Å². The molecule has 1 amide bonds. The zero-order chi connectivity index (χ0) is 14.0. The number of carbonyl (C=O) groups is 1. The molecule has 0 aliphatic rings. The van der Waals surface area contributed by atoms with E-state index in [4.69, 9.17) is 6.42 Å². The first-order chi connectivity index (χ1) is 8.93. The maximum absolute atomic E-state index is 12.0. The Morgan fingerprint density at radius 2 is 2.26 bits per heavy atom. The molecule has 0 saturated carbocycles. The van der Waals surface area contributed by atoms with Crippen LogP contribution < -0.4 is 5.32 Å². The van der Waals surface area contributed by atoms with Crippen LogP contribution in [0.25, 0.3) is 5.52 Å². The molecule has 0 saturated heterocycles. The second kappa shape index (κ2) is 4.77. The Morgan fingerprint density at radius 1 is 1.53 bits per heavy atom. The highest BCUT2D eigenvalue weighted by molar-refractivity contribution is 5.93. The lowest BCUT2D eigenvalue weighted by Crippen LogP contribution is -2.26. The Morgan fingerprint density at radius 3 is 2.89 bits per heavy atom. The van der Waals surface area contributed by atoms with Gasteiger partial charge in [0.25, 0.3) is 5.91 Å². The zero-order valence-corrected chi connectivity index (χ0v) is 11.4. The molecule has 0 aromatic carbocycles. The lowest BCUT2D eigenvalue weighted by Gasteiger charge is -2.21. The van der Waals surface area contributed by atoms with Gasteiger partial charge < -0.3 is 5.32 Å². The molecule has 1 N–H and O–H groups in total. The summed E-state index contributed by atoms with van der Waals surface area (Å²) in [7, 11) is 0. The minimum Gasteiger partial charge on any atom is -0.340 e. The van der Waals surface area contributed by atoms with Crippen LogP contribution in [0, 0.1) is 12.3 Å². The minimum absolute atomic E-state index is 0.0658. The van der Waals surface area contributed by atoms with Crippen molar-refractivity contribution in [2.24, 2.45) is 0 Å². The number of hydrogen-bond donors (Lipinski definition) is 1. The van der Waals surface area contributed by atoms with Gasteiger partial charge in [-0.15, -0.1) is 6.42 Å². The van der Waals surface area contributed by atoms with E-state index >= 15 is 0 Å². The van der Waals surface area contributed by atoms with Gasteiger partial charge in [-0.25, -0.2) is 4.52 Å². The van der Waals surface area contributed by atoms with E-state index in [9.17, 15) is 4.79 Å². The van der Waals surface area contributed by atoms with E-state index in [0.717, 1.165) is 11.1 Å². The van der Waals surface area contributed by atoms with E-state index in [1.807, 2.05) is 24.4 Å². The van der Waals surface area contributed by atoms with Crippen LogP contribution in [0.3, 0.4) is 0 Å². The molecule has 0 bridgehead atoms. The van der Waals surface area contributed by atoms with E-state index in [0.29, 0.717) is 5.69 Å². The molecule has 98 valence electrons. The van der Waals surface area contributed by atoms with E-state index in [-0.39, 0.29) is 17.9 Å². The first-order valence-corrected chi connectivity index (χ1v) is 6.14. The summed E-state index contributed by atoms with van der Waals surface area (Å²) in [5, 5.41) is 6.93. The Hall–Kier alpha value is -2.28. The summed E-state index contributed by atoms with van der Waals surface area (Å²) in [5.41, 5.74) is 2.41. The number of terminal acetylenes is 1. The molecule has 2 heterocycles. The molecule has 0 unspecified atom stereocenters.